The molecule has 0 rings (SSSR count). The Hall–Kier alpha value is 0.870. The van der Waals surface area contributed by atoms with Gasteiger partial charge in [-0.3, -0.25) is 0 Å². The minimum absolute atomic E-state index is 0. The fraction of sp³-hybridized carbons (Fsp3) is 0.800. The molecule has 0 N–H and O–H groups in total. The van der Waals surface area contributed by atoms with Crippen molar-refractivity contribution in [1.82, 2.24) is 0 Å². The quantitative estimate of drug-likeness (QED) is 0.507. The molecule has 0 aromatic carbocycles. The van der Waals surface area contributed by atoms with Gasteiger partial charge in [0.15, 0.2) is 0 Å². The maximum Gasteiger partial charge on any atom is 0 e. The molecule has 0 bridgehead atoms. The standard InChI is InChI=1S/2C5H11.Sc/c2*1-5(2,3)4;/h2*1H2,2-4H3;/q2*-1;. The van der Waals surface area contributed by atoms with Crippen LogP contribution in [-0.2, 0) is 25.8 Å². The summed E-state index contributed by atoms with van der Waals surface area (Å²) in [4.78, 5) is 0. The van der Waals surface area contributed by atoms with Gasteiger partial charge >= 0.3 is 0 Å². The van der Waals surface area contributed by atoms with Crippen molar-refractivity contribution < 1.29 is 25.8 Å². The Morgan fingerprint density at radius 1 is 0.636 bits per heavy atom. The van der Waals surface area contributed by atoms with Crippen LogP contribution >= 0.6 is 0 Å². The third-order valence-corrected chi connectivity index (χ3v) is 0. The molecule has 1 radical (unpaired) electrons. The minimum atomic E-state index is 0. The van der Waals surface area contributed by atoms with Gasteiger partial charge < -0.3 is 13.8 Å². The Balaban J connectivity index is -0.000000107. The molecule has 67 valence electrons. The van der Waals surface area contributed by atoms with Crippen LogP contribution in [0.25, 0.3) is 0 Å². The van der Waals surface area contributed by atoms with E-state index in [1.165, 1.54) is 0 Å². The summed E-state index contributed by atoms with van der Waals surface area (Å²) in [5.74, 6) is 0. The topological polar surface area (TPSA) is 0 Å². The molecule has 0 amide bonds. The molecule has 0 heterocycles. The van der Waals surface area contributed by atoms with Gasteiger partial charge in [-0.1, -0.05) is 41.5 Å². The summed E-state index contributed by atoms with van der Waals surface area (Å²) in [5.41, 5.74) is 0.500. The normalized spacial score (nSPS) is 10.9. The first kappa shape index (κ1) is 17.8. The average Bonchev–Trinajstić information content (AvgIpc) is 1.12. The summed E-state index contributed by atoms with van der Waals surface area (Å²) in [5, 5.41) is 0. The predicted octanol–water partition coefficient (Wildman–Crippen LogP) is 3.73. The van der Waals surface area contributed by atoms with Crippen molar-refractivity contribution in [2.45, 2.75) is 41.5 Å². The molecule has 0 aromatic heterocycles. The number of rotatable bonds is 0. The van der Waals surface area contributed by atoms with Crippen molar-refractivity contribution in [1.29, 1.82) is 0 Å². The summed E-state index contributed by atoms with van der Waals surface area (Å²) in [6.07, 6.45) is 0. The van der Waals surface area contributed by atoms with Crippen molar-refractivity contribution in [3.8, 4) is 0 Å². The van der Waals surface area contributed by atoms with Crippen LogP contribution in [0.4, 0.5) is 0 Å². The van der Waals surface area contributed by atoms with Crippen LogP contribution in [0.15, 0.2) is 0 Å². The molecule has 0 spiro atoms. The smallest absolute Gasteiger partial charge is 0 e. The van der Waals surface area contributed by atoms with Gasteiger partial charge in [0, 0.05) is 25.8 Å². The average molecular weight is 187 g/mol. The van der Waals surface area contributed by atoms with E-state index >= 15 is 0 Å². The second-order valence-corrected chi connectivity index (χ2v) is 5.12. The molecule has 0 unspecified atom stereocenters. The van der Waals surface area contributed by atoms with Gasteiger partial charge in [-0.25, -0.2) is 0 Å². The van der Waals surface area contributed by atoms with E-state index in [-0.39, 0.29) is 36.7 Å². The van der Waals surface area contributed by atoms with E-state index in [1.807, 2.05) is 0 Å². The summed E-state index contributed by atoms with van der Waals surface area (Å²) in [6.45, 7) is 20.0. The Bertz CT molecular complexity index is 47.9. The fourth-order valence-corrected chi connectivity index (χ4v) is 0. The van der Waals surface area contributed by atoms with Crippen molar-refractivity contribution in [2.24, 2.45) is 10.8 Å². The molecule has 0 aliphatic heterocycles. The van der Waals surface area contributed by atoms with Gasteiger partial charge in [0.25, 0.3) is 0 Å². The minimum Gasteiger partial charge on any atom is -0.338 e. The molecule has 0 aliphatic carbocycles. The Morgan fingerprint density at radius 2 is 0.636 bits per heavy atom. The van der Waals surface area contributed by atoms with Crippen molar-refractivity contribution >= 4 is 0 Å². The molecular weight excluding hydrogens is 165 g/mol. The Kier molecular flexibility index (Phi) is 10.4. The third kappa shape index (κ3) is 1130. The maximum atomic E-state index is 3.77. The van der Waals surface area contributed by atoms with E-state index in [1.54, 1.807) is 0 Å². The van der Waals surface area contributed by atoms with Gasteiger partial charge in [-0.15, -0.1) is 0 Å². The summed E-state index contributed by atoms with van der Waals surface area (Å²) in [6, 6.07) is 0. The van der Waals surface area contributed by atoms with Gasteiger partial charge in [-0.05, 0) is 0 Å². The van der Waals surface area contributed by atoms with E-state index in [0.717, 1.165) is 0 Å². The Morgan fingerprint density at radius 3 is 0.636 bits per heavy atom. The molecule has 0 aliphatic rings. The zero-order valence-corrected chi connectivity index (χ0v) is 10.8. The van der Waals surface area contributed by atoms with E-state index in [2.05, 4.69) is 55.4 Å². The van der Waals surface area contributed by atoms with Crippen LogP contribution in [0.2, 0.25) is 0 Å². The van der Waals surface area contributed by atoms with Gasteiger partial charge in [0.05, 0.1) is 0 Å². The summed E-state index contributed by atoms with van der Waals surface area (Å²) < 4.78 is 0. The monoisotopic (exact) mass is 187 g/mol. The molecule has 0 fully saturated rings. The molecule has 0 aromatic rings. The van der Waals surface area contributed by atoms with E-state index < -0.39 is 0 Å². The number of hydrogen-bond donors (Lipinski definition) is 0. The van der Waals surface area contributed by atoms with E-state index in [9.17, 15) is 0 Å². The zero-order chi connectivity index (χ0) is 9.00. The second-order valence-electron chi connectivity index (χ2n) is 5.12. The molecule has 0 saturated heterocycles. The zero-order valence-electron chi connectivity index (χ0n) is 8.99. The summed E-state index contributed by atoms with van der Waals surface area (Å²) >= 11 is 0. The largest absolute Gasteiger partial charge is 0.338 e. The van der Waals surface area contributed by atoms with Gasteiger partial charge in [0.1, 0.15) is 0 Å². The van der Waals surface area contributed by atoms with E-state index in [0.29, 0.717) is 0 Å². The first-order valence-corrected chi connectivity index (χ1v) is 3.71. The van der Waals surface area contributed by atoms with Crippen LogP contribution < -0.4 is 0 Å². The molecule has 11 heavy (non-hydrogen) atoms. The van der Waals surface area contributed by atoms with Crippen LogP contribution in [0, 0.1) is 24.7 Å². The molecule has 1 heteroatoms. The van der Waals surface area contributed by atoms with Crippen molar-refractivity contribution in [2.75, 3.05) is 0 Å². The molecule has 0 saturated carbocycles. The molecule has 0 nitrogen and oxygen atoms in total. The summed E-state index contributed by atoms with van der Waals surface area (Å²) in [7, 11) is 0. The Labute approximate surface area is 91.9 Å². The predicted molar refractivity (Wildman–Crippen MR) is 49.6 cm³/mol. The van der Waals surface area contributed by atoms with Gasteiger partial charge in [0.2, 0.25) is 0 Å². The van der Waals surface area contributed by atoms with Crippen molar-refractivity contribution in [3.05, 3.63) is 13.8 Å². The van der Waals surface area contributed by atoms with E-state index in [4.69, 9.17) is 0 Å². The van der Waals surface area contributed by atoms with Crippen LogP contribution in [0.1, 0.15) is 41.5 Å². The molecular formula is C10H22Sc-2. The van der Waals surface area contributed by atoms with Gasteiger partial charge in [-0.2, -0.15) is 10.8 Å². The van der Waals surface area contributed by atoms with Crippen LogP contribution in [-0.4, -0.2) is 0 Å². The number of hydrogen-bond acceptors (Lipinski definition) is 0. The van der Waals surface area contributed by atoms with Crippen LogP contribution in [0.3, 0.4) is 0 Å². The second kappa shape index (κ2) is 6.39. The SMILES string of the molecule is [CH2-]C(C)(C)C.[CH2-]C(C)(C)C.[Sc]. The third-order valence-electron chi connectivity index (χ3n) is 0. The first-order chi connectivity index (χ1) is 4.00. The first-order valence-electron chi connectivity index (χ1n) is 3.71. The fourth-order valence-electron chi connectivity index (χ4n) is 0. The van der Waals surface area contributed by atoms with Crippen molar-refractivity contribution in [3.63, 3.8) is 0 Å². The maximum absolute atomic E-state index is 3.77. The van der Waals surface area contributed by atoms with Crippen LogP contribution in [0.5, 0.6) is 0 Å². The molecule has 0 atom stereocenters.